The molecule has 0 atom stereocenters. The van der Waals surface area contributed by atoms with Crippen LogP contribution in [0.1, 0.15) is 0 Å². The minimum Gasteiger partial charge on any atom is -0.325 e. The normalized spacial score (nSPS) is 13.5. The summed E-state index contributed by atoms with van der Waals surface area (Å²) in [5.41, 5.74) is 0. The summed E-state index contributed by atoms with van der Waals surface area (Å²) in [5.74, 6) is 0. The minimum absolute atomic E-state index is 0.881. The zero-order valence-electron chi connectivity index (χ0n) is 27.3. The van der Waals surface area contributed by atoms with E-state index in [1.807, 2.05) is 174 Å². The van der Waals surface area contributed by atoms with Crippen molar-refractivity contribution in [2.24, 2.45) is 0 Å². The standard InChI is InChI=1S/C32H44O7P2Si4/c1-42(2,29-21-13-9-14-22-29)36-40(33,37-43(3,4)30-23-15-10-16-24-30)35-41(34,38-44(5,6)31-25-17-11-18-26-31)39-45(7,8)32-27-19-12-20-28-32/h9-28H,1-8H3. The van der Waals surface area contributed by atoms with Crippen molar-refractivity contribution in [2.45, 2.75) is 52.4 Å². The van der Waals surface area contributed by atoms with Crippen LogP contribution < -0.4 is 20.7 Å². The fourth-order valence-corrected chi connectivity index (χ4v) is 23.2. The lowest BCUT2D eigenvalue weighted by molar-refractivity contribution is 0.241. The van der Waals surface area contributed by atoms with Gasteiger partial charge in [0, 0.05) is 0 Å². The van der Waals surface area contributed by atoms with E-state index in [0.29, 0.717) is 0 Å². The summed E-state index contributed by atoms with van der Waals surface area (Å²) in [5, 5.41) is 3.52. The van der Waals surface area contributed by atoms with E-state index in [2.05, 4.69) is 0 Å². The van der Waals surface area contributed by atoms with Crippen LogP contribution in [-0.2, 0) is 30.3 Å². The fraction of sp³-hybridized carbons (Fsp3) is 0.250. The highest BCUT2D eigenvalue weighted by Gasteiger charge is 2.52. The minimum atomic E-state index is -4.62. The molecule has 0 saturated carbocycles. The molecule has 0 radical (unpaired) electrons. The molecule has 4 aromatic rings. The van der Waals surface area contributed by atoms with Gasteiger partial charge in [0.25, 0.3) is 0 Å². The van der Waals surface area contributed by atoms with Gasteiger partial charge >= 0.3 is 15.6 Å². The maximum absolute atomic E-state index is 15.2. The van der Waals surface area contributed by atoms with Crippen LogP contribution in [0.5, 0.6) is 0 Å². The molecule has 0 spiro atoms. The second-order valence-electron chi connectivity index (χ2n) is 12.8. The molecule has 13 heteroatoms. The van der Waals surface area contributed by atoms with E-state index in [-0.39, 0.29) is 0 Å². The van der Waals surface area contributed by atoms with Gasteiger partial charge in [-0.15, -0.1) is 0 Å². The first-order chi connectivity index (χ1) is 21.0. The van der Waals surface area contributed by atoms with Crippen LogP contribution in [0, 0.1) is 0 Å². The lowest BCUT2D eigenvalue weighted by atomic mass is 10.4. The summed E-state index contributed by atoms with van der Waals surface area (Å²) in [6.07, 6.45) is 0. The molecule has 7 nitrogen and oxygen atoms in total. The van der Waals surface area contributed by atoms with Crippen LogP contribution in [0.4, 0.5) is 0 Å². The number of benzene rings is 4. The Morgan fingerprint density at radius 3 is 0.711 bits per heavy atom. The highest BCUT2D eigenvalue weighted by molar-refractivity contribution is 7.65. The molecule has 4 rings (SSSR count). The van der Waals surface area contributed by atoms with Crippen molar-refractivity contribution in [3.8, 4) is 0 Å². The second-order valence-corrected chi connectivity index (χ2v) is 32.6. The predicted octanol–water partition coefficient (Wildman–Crippen LogP) is 7.73. The first-order valence-corrected chi connectivity index (χ1v) is 29.5. The van der Waals surface area contributed by atoms with Crippen molar-refractivity contribution in [2.75, 3.05) is 0 Å². The first-order valence-electron chi connectivity index (χ1n) is 14.9. The molecule has 0 aromatic heterocycles. The summed E-state index contributed by atoms with van der Waals surface area (Å²) < 4.78 is 62.5. The Bertz CT molecular complexity index is 1400. The van der Waals surface area contributed by atoms with Crippen LogP contribution in [0.15, 0.2) is 121 Å². The number of hydrogen-bond donors (Lipinski definition) is 0. The molecule has 0 bridgehead atoms. The third-order valence-corrected chi connectivity index (χ3v) is 26.8. The maximum Gasteiger partial charge on any atom is 0.464 e. The predicted molar refractivity (Wildman–Crippen MR) is 195 cm³/mol. The second kappa shape index (κ2) is 14.0. The van der Waals surface area contributed by atoms with E-state index >= 15 is 9.13 Å². The van der Waals surface area contributed by atoms with Crippen LogP contribution in [0.25, 0.3) is 0 Å². The maximum atomic E-state index is 15.2. The van der Waals surface area contributed by atoms with Crippen molar-refractivity contribution < 1.29 is 30.3 Å². The molecule has 4 aromatic carbocycles. The van der Waals surface area contributed by atoms with Crippen molar-refractivity contribution in [3.63, 3.8) is 0 Å². The molecular weight excluding hydrogens is 671 g/mol. The molecule has 0 heterocycles. The van der Waals surface area contributed by atoms with Gasteiger partial charge in [0.15, 0.2) is 0 Å². The van der Waals surface area contributed by atoms with Crippen molar-refractivity contribution in [1.82, 2.24) is 0 Å². The van der Waals surface area contributed by atoms with E-state index in [9.17, 15) is 0 Å². The van der Waals surface area contributed by atoms with E-state index in [4.69, 9.17) is 21.2 Å². The monoisotopic (exact) mass is 714 g/mol. The fourth-order valence-electron chi connectivity index (χ4n) is 4.91. The lowest BCUT2D eigenvalue weighted by Gasteiger charge is -2.37. The van der Waals surface area contributed by atoms with Gasteiger partial charge in [0.2, 0.25) is 33.3 Å². The molecule has 0 aliphatic carbocycles. The molecule has 0 amide bonds. The van der Waals surface area contributed by atoms with E-state index in [1.54, 1.807) is 0 Å². The number of hydrogen-bond acceptors (Lipinski definition) is 7. The SMILES string of the molecule is C[Si](C)(OP(=O)(O[Si](C)(C)c1ccccc1)OP(=O)(O[Si](C)(C)c1ccccc1)O[Si](C)(C)c1ccccc1)c1ccccc1. The Balaban J connectivity index is 1.82. The van der Waals surface area contributed by atoms with Gasteiger partial charge in [-0.1, -0.05) is 121 Å². The topological polar surface area (TPSA) is 80.3 Å². The van der Waals surface area contributed by atoms with Gasteiger partial charge in [0.1, 0.15) is 0 Å². The largest absolute Gasteiger partial charge is 0.464 e. The highest BCUT2D eigenvalue weighted by atomic mass is 31.3. The zero-order valence-corrected chi connectivity index (χ0v) is 33.1. The third-order valence-electron chi connectivity index (χ3n) is 7.44. The van der Waals surface area contributed by atoms with E-state index in [1.165, 1.54) is 0 Å². The quantitative estimate of drug-likeness (QED) is 0.0977. The Morgan fingerprint density at radius 1 is 0.356 bits per heavy atom. The molecular formula is C32H44O7P2Si4. The van der Waals surface area contributed by atoms with Crippen LogP contribution in [0.3, 0.4) is 0 Å². The molecule has 0 fully saturated rings. The number of phosphoric acid groups is 2. The van der Waals surface area contributed by atoms with Gasteiger partial charge in [-0.2, -0.15) is 4.31 Å². The van der Waals surface area contributed by atoms with Gasteiger partial charge < -0.3 is 16.9 Å². The van der Waals surface area contributed by atoms with Gasteiger partial charge in [-0.05, 0) is 73.1 Å². The molecule has 0 N–H and O–H groups in total. The van der Waals surface area contributed by atoms with Crippen molar-refractivity contribution in [1.29, 1.82) is 0 Å². The average molecular weight is 715 g/mol. The van der Waals surface area contributed by atoms with Gasteiger partial charge in [0.05, 0.1) is 0 Å². The van der Waals surface area contributed by atoms with Crippen LogP contribution >= 0.6 is 15.6 Å². The summed E-state index contributed by atoms with van der Waals surface area (Å²) in [6, 6.07) is 38.3. The third kappa shape index (κ3) is 9.53. The van der Waals surface area contributed by atoms with Gasteiger partial charge in [-0.25, -0.2) is 9.13 Å². The Hall–Kier alpha value is -1.99. The number of rotatable bonds is 14. The molecule has 45 heavy (non-hydrogen) atoms. The van der Waals surface area contributed by atoms with E-state index < -0.39 is 48.9 Å². The molecule has 240 valence electrons. The summed E-state index contributed by atoms with van der Waals surface area (Å²) in [6.45, 7) is 15.3. The average Bonchev–Trinajstić information content (AvgIpc) is 2.97. The van der Waals surface area contributed by atoms with Crippen molar-refractivity contribution in [3.05, 3.63) is 121 Å². The van der Waals surface area contributed by atoms with Crippen molar-refractivity contribution >= 4 is 69.7 Å². The summed E-state index contributed by atoms with van der Waals surface area (Å²) >= 11 is 0. The first kappa shape index (κ1) is 35.9. The molecule has 0 unspecified atom stereocenters. The Labute approximate surface area is 272 Å². The zero-order chi connectivity index (χ0) is 33.0. The van der Waals surface area contributed by atoms with Gasteiger partial charge in [-0.3, -0.25) is 0 Å². The highest BCUT2D eigenvalue weighted by Crippen LogP contribution is 2.69. The Kier molecular flexibility index (Phi) is 11.2. The molecule has 0 saturated heterocycles. The Morgan fingerprint density at radius 2 is 0.533 bits per heavy atom. The van der Waals surface area contributed by atoms with E-state index in [0.717, 1.165) is 20.7 Å². The smallest absolute Gasteiger partial charge is 0.325 e. The molecule has 0 aliphatic rings. The lowest BCUT2D eigenvalue weighted by Crippen LogP contribution is -2.49. The molecule has 0 aliphatic heterocycles. The summed E-state index contributed by atoms with van der Waals surface area (Å²) in [4.78, 5) is 0. The summed E-state index contributed by atoms with van der Waals surface area (Å²) in [7, 11) is -21.1. The van der Waals surface area contributed by atoms with Crippen LogP contribution in [-0.4, -0.2) is 33.3 Å². The van der Waals surface area contributed by atoms with Crippen LogP contribution in [0.2, 0.25) is 52.4 Å².